The predicted octanol–water partition coefficient (Wildman–Crippen LogP) is 1.24. The molecular formula is C15H22N5O5P. The molecule has 4 atom stereocenters. The molecule has 10 nitrogen and oxygen atoms in total. The summed E-state index contributed by atoms with van der Waals surface area (Å²) in [4.78, 5) is 8.05. The Kier molecular flexibility index (Phi) is 4.64. The van der Waals surface area contributed by atoms with Crippen molar-refractivity contribution in [3.8, 4) is 5.88 Å². The zero-order valence-corrected chi connectivity index (χ0v) is 15.9. The first-order valence-corrected chi connectivity index (χ1v) is 10.8. The Morgan fingerprint density at radius 1 is 1.46 bits per heavy atom. The molecular weight excluding hydrogens is 361 g/mol. The number of rotatable bonds is 5. The summed E-state index contributed by atoms with van der Waals surface area (Å²) in [6, 6.07) is 0. The van der Waals surface area contributed by atoms with Crippen molar-refractivity contribution >= 4 is 18.3 Å². The molecule has 0 aliphatic carbocycles. The first kappa shape index (κ1) is 18.9. The minimum Gasteiger partial charge on any atom is -0.492 e. The van der Waals surface area contributed by atoms with E-state index in [4.69, 9.17) is 9.47 Å². The molecule has 0 aromatic carbocycles. The van der Waals surface area contributed by atoms with E-state index in [1.54, 1.807) is 27.2 Å². The van der Waals surface area contributed by atoms with Crippen molar-refractivity contribution in [3.05, 3.63) is 18.5 Å². The van der Waals surface area contributed by atoms with Crippen molar-refractivity contribution < 1.29 is 24.3 Å². The first-order valence-electron chi connectivity index (χ1n) is 8.04. The largest absolute Gasteiger partial charge is 0.492 e. The van der Waals surface area contributed by atoms with Crippen molar-refractivity contribution in [1.82, 2.24) is 25.0 Å². The van der Waals surface area contributed by atoms with E-state index in [1.807, 2.05) is 0 Å². The fourth-order valence-electron chi connectivity index (χ4n) is 2.85. The van der Waals surface area contributed by atoms with Crippen LogP contribution >= 0.6 is 7.14 Å². The van der Waals surface area contributed by atoms with Gasteiger partial charge in [-0.15, -0.1) is 5.10 Å². The average Bonchev–Trinajstić information content (AvgIpc) is 3.07. The number of aliphatic hydroxyl groups excluding tert-OH is 1. The first-order chi connectivity index (χ1) is 12.1. The maximum absolute atomic E-state index is 12.0. The summed E-state index contributed by atoms with van der Waals surface area (Å²) in [5, 5.41) is 28.4. The number of hydrogen-bond acceptors (Lipinski definition) is 9. The number of fused-ring (bicyclic) bond motifs is 1. The van der Waals surface area contributed by atoms with E-state index >= 15 is 0 Å². The second-order valence-electron chi connectivity index (χ2n) is 6.86. The van der Waals surface area contributed by atoms with E-state index in [0.29, 0.717) is 5.82 Å². The van der Waals surface area contributed by atoms with Gasteiger partial charge in [0.2, 0.25) is 5.88 Å². The van der Waals surface area contributed by atoms with Crippen molar-refractivity contribution in [2.45, 2.75) is 32.0 Å². The van der Waals surface area contributed by atoms with E-state index in [2.05, 4.69) is 26.9 Å². The molecule has 1 aliphatic rings. The second-order valence-corrected chi connectivity index (χ2v) is 10.3. The molecule has 3 rings (SSSR count). The molecule has 1 fully saturated rings. The SMILES string of the molecule is C=CC1(OCP(C)(C)=O)OC(n2nnc3c(O)nc(C)nc32)C(O)C1C. The smallest absolute Gasteiger partial charge is 0.245 e. The van der Waals surface area contributed by atoms with Crippen LogP contribution in [0.5, 0.6) is 5.88 Å². The van der Waals surface area contributed by atoms with Gasteiger partial charge in [-0.1, -0.05) is 18.7 Å². The Bertz CT molecular complexity index is 896. The Morgan fingerprint density at radius 3 is 2.77 bits per heavy atom. The number of ether oxygens (including phenoxy) is 2. The molecule has 2 aromatic heterocycles. The van der Waals surface area contributed by atoms with E-state index < -0.39 is 31.2 Å². The number of aromatic nitrogens is 5. The fourth-order valence-corrected chi connectivity index (χ4v) is 3.37. The third kappa shape index (κ3) is 3.14. The molecule has 0 radical (unpaired) electrons. The predicted molar refractivity (Wildman–Crippen MR) is 93.1 cm³/mol. The maximum atomic E-state index is 12.0. The Morgan fingerprint density at radius 2 is 2.15 bits per heavy atom. The van der Waals surface area contributed by atoms with Crippen molar-refractivity contribution in [1.29, 1.82) is 0 Å². The average molecular weight is 383 g/mol. The van der Waals surface area contributed by atoms with Gasteiger partial charge in [-0.05, 0) is 26.3 Å². The van der Waals surface area contributed by atoms with E-state index in [-0.39, 0.29) is 23.4 Å². The van der Waals surface area contributed by atoms with Gasteiger partial charge in [-0.2, -0.15) is 9.67 Å². The van der Waals surface area contributed by atoms with Crippen LogP contribution in [0, 0.1) is 12.8 Å². The molecule has 0 spiro atoms. The maximum Gasteiger partial charge on any atom is 0.245 e. The highest BCUT2D eigenvalue weighted by atomic mass is 31.2. The summed E-state index contributed by atoms with van der Waals surface area (Å²) in [6.07, 6.45) is -0.589. The Labute approximate surface area is 150 Å². The van der Waals surface area contributed by atoms with Crippen LogP contribution in [-0.2, 0) is 14.0 Å². The molecule has 11 heteroatoms. The minimum absolute atomic E-state index is 0.0248. The topological polar surface area (TPSA) is 132 Å². The number of aromatic hydroxyl groups is 1. The molecule has 1 saturated heterocycles. The van der Waals surface area contributed by atoms with E-state index in [1.165, 1.54) is 10.8 Å². The molecule has 3 heterocycles. The van der Waals surface area contributed by atoms with Gasteiger partial charge in [0, 0.05) is 5.92 Å². The van der Waals surface area contributed by atoms with Gasteiger partial charge in [0.05, 0.1) is 0 Å². The standard InChI is InChI=1S/C15H22N5O5P/c1-6-15(24-7-26(4,5)23)8(2)11(21)14(25-15)20-12-10(18-19-20)13(22)17-9(3)16-12/h6,8,11,14,21H,1,7H2,2-5H3,(H,16,17,22). The van der Waals surface area contributed by atoms with Gasteiger partial charge in [-0.3, -0.25) is 0 Å². The van der Waals surface area contributed by atoms with Gasteiger partial charge in [-0.25, -0.2) is 4.98 Å². The van der Waals surface area contributed by atoms with E-state index in [0.717, 1.165) is 0 Å². The highest BCUT2D eigenvalue weighted by Gasteiger charge is 2.53. The summed E-state index contributed by atoms with van der Waals surface area (Å²) < 4.78 is 25.0. The number of aliphatic hydroxyl groups is 1. The molecule has 1 aliphatic heterocycles. The van der Waals surface area contributed by atoms with Crippen LogP contribution in [0.4, 0.5) is 0 Å². The lowest BCUT2D eigenvalue weighted by Crippen LogP contribution is -2.37. The van der Waals surface area contributed by atoms with Crippen LogP contribution < -0.4 is 0 Å². The highest BCUT2D eigenvalue weighted by Crippen LogP contribution is 2.46. The van der Waals surface area contributed by atoms with Gasteiger partial charge < -0.3 is 24.3 Å². The molecule has 2 aromatic rings. The normalized spacial score (nSPS) is 29.3. The minimum atomic E-state index is -2.47. The van der Waals surface area contributed by atoms with Gasteiger partial charge in [0.1, 0.15) is 25.4 Å². The van der Waals surface area contributed by atoms with Crippen LogP contribution in [0.25, 0.3) is 11.2 Å². The number of hydrogen-bond donors (Lipinski definition) is 2. The van der Waals surface area contributed by atoms with Crippen molar-refractivity contribution in [2.24, 2.45) is 5.92 Å². The lowest BCUT2D eigenvalue weighted by Gasteiger charge is -2.30. The van der Waals surface area contributed by atoms with Gasteiger partial charge >= 0.3 is 0 Å². The summed E-state index contributed by atoms with van der Waals surface area (Å²) >= 11 is 0. The summed E-state index contributed by atoms with van der Waals surface area (Å²) in [5.41, 5.74) is 0.324. The molecule has 4 unspecified atom stereocenters. The molecule has 0 amide bonds. The zero-order chi connectivity index (χ0) is 19.3. The number of nitrogens with zero attached hydrogens (tertiary/aromatic N) is 5. The Hall–Kier alpha value is -1.87. The van der Waals surface area contributed by atoms with Crippen LogP contribution in [0.1, 0.15) is 19.0 Å². The lowest BCUT2D eigenvalue weighted by atomic mass is 9.97. The highest BCUT2D eigenvalue weighted by molar-refractivity contribution is 7.62. The van der Waals surface area contributed by atoms with Crippen molar-refractivity contribution in [2.75, 3.05) is 19.7 Å². The molecule has 0 bridgehead atoms. The molecule has 26 heavy (non-hydrogen) atoms. The summed E-state index contributed by atoms with van der Waals surface area (Å²) in [5.74, 6) is -1.84. The van der Waals surface area contributed by atoms with E-state index in [9.17, 15) is 14.8 Å². The molecule has 142 valence electrons. The fraction of sp³-hybridized carbons (Fsp3) is 0.600. The third-order valence-electron chi connectivity index (χ3n) is 4.29. The molecule has 2 N–H and O–H groups in total. The number of aryl methyl sites for hydroxylation is 1. The van der Waals surface area contributed by atoms with Gasteiger partial charge in [0.15, 0.2) is 23.2 Å². The Balaban J connectivity index is 2.00. The lowest BCUT2D eigenvalue weighted by molar-refractivity contribution is -0.213. The quantitative estimate of drug-likeness (QED) is 0.578. The monoisotopic (exact) mass is 383 g/mol. The summed E-state index contributed by atoms with van der Waals surface area (Å²) in [7, 11) is -2.47. The molecule has 0 saturated carbocycles. The third-order valence-corrected chi connectivity index (χ3v) is 5.04. The van der Waals surface area contributed by atoms with Crippen LogP contribution in [0.3, 0.4) is 0 Å². The second kappa shape index (κ2) is 6.38. The van der Waals surface area contributed by atoms with Gasteiger partial charge in [0.25, 0.3) is 0 Å². The van der Waals surface area contributed by atoms with Crippen LogP contribution in [-0.4, -0.2) is 66.7 Å². The van der Waals surface area contributed by atoms with Crippen LogP contribution in [0.15, 0.2) is 12.7 Å². The van der Waals surface area contributed by atoms with Crippen LogP contribution in [0.2, 0.25) is 0 Å². The van der Waals surface area contributed by atoms with Crippen molar-refractivity contribution in [3.63, 3.8) is 0 Å². The summed E-state index contributed by atoms with van der Waals surface area (Å²) in [6.45, 7) is 10.3. The zero-order valence-electron chi connectivity index (χ0n) is 15.0.